The SMILES string of the molecule is COc1ccc(-c2cc(C[C@H]3CCNC3=O)cc(C(N)=O)c2)cc1. The van der Waals surface area contributed by atoms with E-state index in [-0.39, 0.29) is 11.8 Å². The molecule has 5 heteroatoms. The van der Waals surface area contributed by atoms with Crippen LogP contribution in [0.2, 0.25) is 0 Å². The first kappa shape index (κ1) is 16.1. The fourth-order valence-corrected chi connectivity index (χ4v) is 3.03. The van der Waals surface area contributed by atoms with Gasteiger partial charge in [-0.05, 0) is 53.8 Å². The van der Waals surface area contributed by atoms with Crippen LogP contribution in [0.4, 0.5) is 0 Å². The van der Waals surface area contributed by atoms with E-state index in [1.165, 1.54) is 0 Å². The molecular formula is C19H20N2O3. The zero-order valence-corrected chi connectivity index (χ0v) is 13.5. The Morgan fingerprint density at radius 2 is 1.96 bits per heavy atom. The summed E-state index contributed by atoms with van der Waals surface area (Å²) in [5.74, 6) is 0.331. The van der Waals surface area contributed by atoms with E-state index in [4.69, 9.17) is 10.5 Å². The molecule has 1 fully saturated rings. The second-order valence-electron chi connectivity index (χ2n) is 5.99. The maximum Gasteiger partial charge on any atom is 0.248 e. The fraction of sp³-hybridized carbons (Fsp3) is 0.263. The van der Waals surface area contributed by atoms with Crippen molar-refractivity contribution in [3.8, 4) is 16.9 Å². The molecule has 0 radical (unpaired) electrons. The largest absolute Gasteiger partial charge is 0.497 e. The standard InChI is InChI=1S/C19H20N2O3/c1-24-17-4-2-13(3-5-17)15-9-12(10-16(11-15)18(20)22)8-14-6-7-21-19(14)23/h2-5,9-11,14H,6-8H2,1H3,(H2,20,22)(H,21,23)/t14-/m1/s1. The Labute approximate surface area is 140 Å². The summed E-state index contributed by atoms with van der Waals surface area (Å²) in [7, 11) is 1.62. The minimum atomic E-state index is -0.470. The van der Waals surface area contributed by atoms with Crippen molar-refractivity contribution in [3.63, 3.8) is 0 Å². The summed E-state index contributed by atoms with van der Waals surface area (Å²) >= 11 is 0. The molecule has 1 aliphatic rings. The van der Waals surface area contributed by atoms with Crippen LogP contribution in [0, 0.1) is 5.92 Å². The number of amides is 2. The smallest absolute Gasteiger partial charge is 0.248 e. The van der Waals surface area contributed by atoms with Gasteiger partial charge < -0.3 is 15.8 Å². The molecule has 1 atom stereocenters. The zero-order chi connectivity index (χ0) is 17.1. The van der Waals surface area contributed by atoms with Crippen molar-refractivity contribution in [2.45, 2.75) is 12.8 Å². The van der Waals surface area contributed by atoms with Crippen LogP contribution in [0.3, 0.4) is 0 Å². The molecule has 2 amide bonds. The Kier molecular flexibility index (Phi) is 4.51. The monoisotopic (exact) mass is 324 g/mol. The number of nitrogens with one attached hydrogen (secondary N) is 1. The van der Waals surface area contributed by atoms with Gasteiger partial charge in [0.15, 0.2) is 0 Å². The first-order chi connectivity index (χ1) is 11.6. The van der Waals surface area contributed by atoms with Crippen LogP contribution >= 0.6 is 0 Å². The summed E-state index contributed by atoms with van der Waals surface area (Å²) < 4.78 is 5.17. The van der Waals surface area contributed by atoms with E-state index >= 15 is 0 Å². The van der Waals surface area contributed by atoms with E-state index in [0.29, 0.717) is 18.5 Å². The van der Waals surface area contributed by atoms with Crippen LogP contribution in [-0.4, -0.2) is 25.5 Å². The van der Waals surface area contributed by atoms with Gasteiger partial charge in [0, 0.05) is 18.0 Å². The topological polar surface area (TPSA) is 81.4 Å². The lowest BCUT2D eigenvalue weighted by Gasteiger charge is -2.11. The van der Waals surface area contributed by atoms with Crippen LogP contribution in [0.5, 0.6) is 5.75 Å². The van der Waals surface area contributed by atoms with E-state index in [1.54, 1.807) is 19.2 Å². The summed E-state index contributed by atoms with van der Waals surface area (Å²) in [4.78, 5) is 23.5. The lowest BCUT2D eigenvalue weighted by Crippen LogP contribution is -2.20. The Hall–Kier alpha value is -2.82. The first-order valence-electron chi connectivity index (χ1n) is 7.92. The van der Waals surface area contributed by atoms with Gasteiger partial charge in [-0.2, -0.15) is 0 Å². The van der Waals surface area contributed by atoms with Gasteiger partial charge in [0.2, 0.25) is 11.8 Å². The first-order valence-corrected chi connectivity index (χ1v) is 7.92. The molecule has 0 saturated carbocycles. The molecule has 1 heterocycles. The molecule has 3 N–H and O–H groups in total. The minimum Gasteiger partial charge on any atom is -0.497 e. The number of hydrogen-bond donors (Lipinski definition) is 2. The number of hydrogen-bond acceptors (Lipinski definition) is 3. The number of carbonyl (C=O) groups excluding carboxylic acids is 2. The van der Waals surface area contributed by atoms with E-state index < -0.39 is 5.91 Å². The highest BCUT2D eigenvalue weighted by Gasteiger charge is 2.24. The molecule has 0 spiro atoms. The third-order valence-electron chi connectivity index (χ3n) is 4.35. The highest BCUT2D eigenvalue weighted by Crippen LogP contribution is 2.27. The maximum absolute atomic E-state index is 11.8. The quantitative estimate of drug-likeness (QED) is 0.884. The van der Waals surface area contributed by atoms with Gasteiger partial charge >= 0.3 is 0 Å². The van der Waals surface area contributed by atoms with E-state index in [9.17, 15) is 9.59 Å². The van der Waals surface area contributed by atoms with Gasteiger partial charge in [-0.1, -0.05) is 18.2 Å². The third-order valence-corrected chi connectivity index (χ3v) is 4.35. The molecule has 0 aliphatic carbocycles. The molecule has 0 aromatic heterocycles. The second-order valence-corrected chi connectivity index (χ2v) is 5.99. The molecule has 124 valence electrons. The molecule has 2 aromatic carbocycles. The Morgan fingerprint density at radius 3 is 2.54 bits per heavy atom. The molecule has 2 aromatic rings. The molecule has 1 aliphatic heterocycles. The van der Waals surface area contributed by atoms with Crippen molar-refractivity contribution >= 4 is 11.8 Å². The van der Waals surface area contributed by atoms with Gasteiger partial charge in [-0.25, -0.2) is 0 Å². The lowest BCUT2D eigenvalue weighted by molar-refractivity contribution is -0.122. The number of methoxy groups -OCH3 is 1. The second kappa shape index (κ2) is 6.74. The Morgan fingerprint density at radius 1 is 1.21 bits per heavy atom. The van der Waals surface area contributed by atoms with Crippen LogP contribution in [-0.2, 0) is 11.2 Å². The lowest BCUT2D eigenvalue weighted by atomic mass is 9.93. The number of benzene rings is 2. The average molecular weight is 324 g/mol. The number of rotatable bonds is 5. The number of nitrogens with two attached hydrogens (primary N) is 1. The van der Waals surface area contributed by atoms with Crippen molar-refractivity contribution in [1.29, 1.82) is 0 Å². The van der Waals surface area contributed by atoms with Crippen molar-refractivity contribution in [3.05, 3.63) is 53.6 Å². The molecular weight excluding hydrogens is 304 g/mol. The normalized spacial score (nSPS) is 16.7. The molecule has 5 nitrogen and oxygen atoms in total. The van der Waals surface area contributed by atoms with E-state index in [0.717, 1.165) is 28.9 Å². The highest BCUT2D eigenvalue weighted by molar-refractivity contribution is 5.94. The van der Waals surface area contributed by atoms with Crippen molar-refractivity contribution < 1.29 is 14.3 Å². The average Bonchev–Trinajstić information content (AvgIpc) is 2.99. The molecule has 1 saturated heterocycles. The predicted molar refractivity (Wildman–Crippen MR) is 91.8 cm³/mol. The fourth-order valence-electron chi connectivity index (χ4n) is 3.03. The van der Waals surface area contributed by atoms with Crippen LogP contribution in [0.15, 0.2) is 42.5 Å². The molecule has 0 bridgehead atoms. The highest BCUT2D eigenvalue weighted by atomic mass is 16.5. The number of ether oxygens (including phenoxy) is 1. The van der Waals surface area contributed by atoms with Crippen molar-refractivity contribution in [1.82, 2.24) is 5.32 Å². The van der Waals surface area contributed by atoms with Crippen molar-refractivity contribution in [2.75, 3.05) is 13.7 Å². The van der Waals surface area contributed by atoms with Gasteiger partial charge in [0.25, 0.3) is 0 Å². The molecule has 0 unspecified atom stereocenters. The van der Waals surface area contributed by atoms with Gasteiger partial charge in [-0.3, -0.25) is 9.59 Å². The van der Waals surface area contributed by atoms with E-state index in [2.05, 4.69) is 5.32 Å². The van der Waals surface area contributed by atoms with Gasteiger partial charge in [0.05, 0.1) is 7.11 Å². The summed E-state index contributed by atoms with van der Waals surface area (Å²) in [5, 5.41) is 2.84. The summed E-state index contributed by atoms with van der Waals surface area (Å²) in [6.07, 6.45) is 1.42. The summed E-state index contributed by atoms with van der Waals surface area (Å²) in [6.45, 7) is 0.713. The van der Waals surface area contributed by atoms with Gasteiger partial charge in [0.1, 0.15) is 5.75 Å². The zero-order valence-electron chi connectivity index (χ0n) is 13.5. The third kappa shape index (κ3) is 3.40. The van der Waals surface area contributed by atoms with Gasteiger partial charge in [-0.15, -0.1) is 0 Å². The number of carbonyl (C=O) groups is 2. The number of primary amides is 1. The minimum absolute atomic E-state index is 0.0446. The molecule has 24 heavy (non-hydrogen) atoms. The van der Waals surface area contributed by atoms with E-state index in [1.807, 2.05) is 30.3 Å². The van der Waals surface area contributed by atoms with Crippen LogP contribution in [0.25, 0.3) is 11.1 Å². The van der Waals surface area contributed by atoms with Crippen molar-refractivity contribution in [2.24, 2.45) is 11.7 Å². The summed E-state index contributed by atoms with van der Waals surface area (Å²) in [6, 6.07) is 13.2. The molecule has 3 rings (SSSR count). The van der Waals surface area contributed by atoms with Crippen LogP contribution in [0.1, 0.15) is 22.3 Å². The summed E-state index contributed by atoms with van der Waals surface area (Å²) in [5.41, 5.74) is 8.74. The Bertz CT molecular complexity index is 769. The maximum atomic E-state index is 11.8. The van der Waals surface area contributed by atoms with Crippen LogP contribution < -0.4 is 15.8 Å². The predicted octanol–water partition coefficient (Wildman–Crippen LogP) is 2.14. The Balaban J connectivity index is 1.95.